The summed E-state index contributed by atoms with van der Waals surface area (Å²) in [6.07, 6.45) is 7.09. The topological polar surface area (TPSA) is 90.9 Å². The number of pyridine rings is 1. The predicted molar refractivity (Wildman–Crippen MR) is 85.5 cm³/mol. The molecule has 124 valence electrons. The third kappa shape index (κ3) is 2.44. The van der Waals surface area contributed by atoms with Gasteiger partial charge in [0.2, 0.25) is 11.7 Å². The first-order chi connectivity index (χ1) is 11.8. The first-order valence-electron chi connectivity index (χ1n) is 7.87. The summed E-state index contributed by atoms with van der Waals surface area (Å²) in [6, 6.07) is 5.55. The highest BCUT2D eigenvalue weighted by Gasteiger charge is 2.41. The second-order valence-electron chi connectivity index (χ2n) is 5.74. The van der Waals surface area contributed by atoms with Gasteiger partial charge in [0.05, 0.1) is 7.11 Å². The SMILES string of the molecule is COc1ccc(-c2noc(C3(n4cccn4)CCNCC3)n2)cn1. The molecule has 4 heterocycles. The predicted octanol–water partition coefficient (Wildman–Crippen LogP) is 1.46. The number of ether oxygens (including phenoxy) is 1. The Morgan fingerprint density at radius 3 is 2.83 bits per heavy atom. The second-order valence-corrected chi connectivity index (χ2v) is 5.74. The summed E-state index contributed by atoms with van der Waals surface area (Å²) in [5.74, 6) is 1.65. The lowest BCUT2D eigenvalue weighted by molar-refractivity contribution is 0.172. The Morgan fingerprint density at radius 2 is 2.17 bits per heavy atom. The van der Waals surface area contributed by atoms with Crippen LogP contribution >= 0.6 is 0 Å². The maximum absolute atomic E-state index is 5.63. The van der Waals surface area contributed by atoms with Crippen molar-refractivity contribution in [2.75, 3.05) is 20.2 Å². The normalized spacial score (nSPS) is 16.9. The van der Waals surface area contributed by atoms with Crippen LogP contribution in [0.5, 0.6) is 5.88 Å². The molecule has 3 aromatic heterocycles. The van der Waals surface area contributed by atoms with E-state index in [0.29, 0.717) is 17.6 Å². The number of hydrogen-bond acceptors (Lipinski definition) is 7. The van der Waals surface area contributed by atoms with Crippen LogP contribution < -0.4 is 10.1 Å². The maximum atomic E-state index is 5.63. The van der Waals surface area contributed by atoms with Gasteiger partial charge in [0.25, 0.3) is 5.89 Å². The van der Waals surface area contributed by atoms with E-state index in [9.17, 15) is 0 Å². The Morgan fingerprint density at radius 1 is 1.29 bits per heavy atom. The molecule has 1 N–H and O–H groups in total. The first kappa shape index (κ1) is 14.8. The Kier molecular flexibility index (Phi) is 3.73. The molecule has 0 radical (unpaired) electrons. The number of methoxy groups -OCH3 is 1. The molecule has 1 saturated heterocycles. The highest BCUT2D eigenvalue weighted by atomic mass is 16.5. The fourth-order valence-electron chi connectivity index (χ4n) is 3.07. The van der Waals surface area contributed by atoms with Crippen molar-refractivity contribution in [1.29, 1.82) is 0 Å². The molecule has 0 amide bonds. The van der Waals surface area contributed by atoms with Crippen LogP contribution in [0.15, 0.2) is 41.3 Å². The lowest BCUT2D eigenvalue weighted by atomic mass is 9.88. The number of nitrogens with one attached hydrogen (secondary N) is 1. The monoisotopic (exact) mass is 326 g/mol. The summed E-state index contributed by atoms with van der Waals surface area (Å²) in [5.41, 5.74) is 0.384. The number of rotatable bonds is 4. The van der Waals surface area contributed by atoms with E-state index in [4.69, 9.17) is 9.26 Å². The molecule has 24 heavy (non-hydrogen) atoms. The molecule has 8 heteroatoms. The molecule has 1 aliphatic rings. The molecule has 0 atom stereocenters. The highest BCUT2D eigenvalue weighted by Crippen LogP contribution is 2.34. The molecule has 0 spiro atoms. The standard InChI is InChI=1S/C16H18N6O2/c1-23-13-4-3-12(11-18-13)14-20-15(24-21-14)16(5-8-17-9-6-16)22-10-2-7-19-22/h2-4,7,10-11,17H,5-6,8-9H2,1H3. The van der Waals surface area contributed by atoms with Gasteiger partial charge >= 0.3 is 0 Å². The van der Waals surface area contributed by atoms with E-state index in [1.165, 1.54) is 0 Å². The molecule has 0 aliphatic carbocycles. The zero-order valence-corrected chi connectivity index (χ0v) is 13.3. The quantitative estimate of drug-likeness (QED) is 0.776. The maximum Gasteiger partial charge on any atom is 0.255 e. The van der Waals surface area contributed by atoms with E-state index in [1.807, 2.05) is 23.0 Å². The summed E-state index contributed by atoms with van der Waals surface area (Å²) in [6.45, 7) is 1.75. The van der Waals surface area contributed by atoms with E-state index in [2.05, 4.69) is 25.5 Å². The van der Waals surface area contributed by atoms with Crippen LogP contribution in [0, 0.1) is 0 Å². The fraction of sp³-hybridized carbons (Fsp3) is 0.375. The number of hydrogen-bond donors (Lipinski definition) is 1. The molecular formula is C16H18N6O2. The minimum atomic E-state index is -0.403. The van der Waals surface area contributed by atoms with Crippen LogP contribution in [-0.2, 0) is 5.54 Å². The van der Waals surface area contributed by atoms with Gasteiger partial charge in [0, 0.05) is 30.2 Å². The minimum absolute atomic E-state index is 0.403. The molecule has 3 aromatic rings. The average molecular weight is 326 g/mol. The lowest BCUT2D eigenvalue weighted by Gasteiger charge is -2.34. The van der Waals surface area contributed by atoms with Crippen molar-refractivity contribution in [1.82, 2.24) is 30.2 Å². The van der Waals surface area contributed by atoms with E-state index >= 15 is 0 Å². The number of nitrogens with zero attached hydrogens (tertiary/aromatic N) is 5. The van der Waals surface area contributed by atoms with E-state index < -0.39 is 5.54 Å². The largest absolute Gasteiger partial charge is 0.481 e. The summed E-state index contributed by atoms with van der Waals surface area (Å²) in [5, 5.41) is 11.9. The number of piperidine rings is 1. The fourth-order valence-corrected chi connectivity index (χ4v) is 3.07. The average Bonchev–Trinajstić information content (AvgIpc) is 3.35. The Hall–Kier alpha value is -2.74. The Bertz CT molecular complexity index is 790. The van der Waals surface area contributed by atoms with Gasteiger partial charge < -0.3 is 14.6 Å². The van der Waals surface area contributed by atoms with Crippen LogP contribution in [-0.4, -0.2) is 45.1 Å². The van der Waals surface area contributed by atoms with E-state index in [1.54, 1.807) is 25.6 Å². The van der Waals surface area contributed by atoms with Crippen molar-refractivity contribution in [3.05, 3.63) is 42.7 Å². The zero-order valence-electron chi connectivity index (χ0n) is 13.3. The minimum Gasteiger partial charge on any atom is -0.481 e. The molecule has 1 fully saturated rings. The van der Waals surface area contributed by atoms with Gasteiger partial charge in [-0.1, -0.05) is 5.16 Å². The van der Waals surface area contributed by atoms with Crippen LogP contribution in [0.4, 0.5) is 0 Å². The van der Waals surface area contributed by atoms with Gasteiger partial charge in [-0.15, -0.1) is 0 Å². The van der Waals surface area contributed by atoms with Gasteiger partial charge in [0.15, 0.2) is 0 Å². The zero-order chi connectivity index (χ0) is 16.4. The first-order valence-corrected chi connectivity index (χ1v) is 7.87. The van der Waals surface area contributed by atoms with Gasteiger partial charge in [-0.3, -0.25) is 4.68 Å². The van der Waals surface area contributed by atoms with E-state index in [-0.39, 0.29) is 0 Å². The van der Waals surface area contributed by atoms with Crippen LogP contribution in [0.25, 0.3) is 11.4 Å². The third-order valence-corrected chi connectivity index (χ3v) is 4.40. The molecule has 0 saturated carbocycles. The van der Waals surface area contributed by atoms with Gasteiger partial charge in [-0.25, -0.2) is 4.98 Å². The molecule has 0 unspecified atom stereocenters. The second kappa shape index (κ2) is 6.04. The highest BCUT2D eigenvalue weighted by molar-refractivity contribution is 5.53. The molecule has 4 rings (SSSR count). The third-order valence-electron chi connectivity index (χ3n) is 4.40. The van der Waals surface area contributed by atoms with Crippen LogP contribution in [0.2, 0.25) is 0 Å². The van der Waals surface area contributed by atoms with Crippen molar-refractivity contribution < 1.29 is 9.26 Å². The van der Waals surface area contributed by atoms with Gasteiger partial charge in [-0.2, -0.15) is 10.1 Å². The van der Waals surface area contributed by atoms with Crippen molar-refractivity contribution in [3.63, 3.8) is 0 Å². The summed E-state index contributed by atoms with van der Waals surface area (Å²) in [4.78, 5) is 8.83. The van der Waals surface area contributed by atoms with Crippen molar-refractivity contribution in [2.24, 2.45) is 0 Å². The molecule has 1 aliphatic heterocycles. The molecule has 8 nitrogen and oxygen atoms in total. The number of aromatic nitrogens is 5. The van der Waals surface area contributed by atoms with Crippen molar-refractivity contribution in [3.8, 4) is 17.3 Å². The molecular weight excluding hydrogens is 308 g/mol. The summed E-state index contributed by atoms with van der Waals surface area (Å²) in [7, 11) is 1.58. The Balaban J connectivity index is 1.71. The van der Waals surface area contributed by atoms with Crippen LogP contribution in [0.3, 0.4) is 0 Å². The Labute approximate surface area is 138 Å². The van der Waals surface area contributed by atoms with Gasteiger partial charge in [-0.05, 0) is 38.1 Å². The summed E-state index contributed by atoms with van der Waals surface area (Å²) < 4.78 is 12.6. The molecule has 0 bridgehead atoms. The van der Waals surface area contributed by atoms with Crippen LogP contribution in [0.1, 0.15) is 18.7 Å². The molecule has 0 aromatic carbocycles. The lowest BCUT2D eigenvalue weighted by Crippen LogP contribution is -2.45. The van der Waals surface area contributed by atoms with Crippen molar-refractivity contribution >= 4 is 0 Å². The van der Waals surface area contributed by atoms with E-state index in [0.717, 1.165) is 31.5 Å². The van der Waals surface area contributed by atoms with Crippen molar-refractivity contribution in [2.45, 2.75) is 18.4 Å². The summed E-state index contributed by atoms with van der Waals surface area (Å²) >= 11 is 0. The van der Waals surface area contributed by atoms with Gasteiger partial charge in [0.1, 0.15) is 5.54 Å². The smallest absolute Gasteiger partial charge is 0.255 e.